The van der Waals surface area contributed by atoms with Crippen molar-refractivity contribution < 1.29 is 0 Å². The summed E-state index contributed by atoms with van der Waals surface area (Å²) in [6.07, 6.45) is 28.5. The standard InChI is InChI=1S/C23H50P/c1-5-9-12-14-16-19-23-24(20-8-4,21-17-11-7-3)22-18-15-13-10-6-2/h5-23H2,1-4H3/q+1. The first-order valence-electron chi connectivity index (χ1n) is 11.6. The molecule has 146 valence electrons. The molecule has 1 unspecified atom stereocenters. The van der Waals surface area contributed by atoms with Gasteiger partial charge in [0.05, 0.1) is 24.6 Å². The molecule has 0 amide bonds. The van der Waals surface area contributed by atoms with Crippen molar-refractivity contribution in [2.45, 2.75) is 124 Å². The van der Waals surface area contributed by atoms with Crippen LogP contribution in [0.15, 0.2) is 0 Å². The lowest BCUT2D eigenvalue weighted by Crippen LogP contribution is -2.12. The van der Waals surface area contributed by atoms with E-state index in [0.29, 0.717) is 0 Å². The van der Waals surface area contributed by atoms with Crippen LogP contribution >= 0.6 is 7.26 Å². The van der Waals surface area contributed by atoms with E-state index in [9.17, 15) is 0 Å². The van der Waals surface area contributed by atoms with E-state index >= 15 is 0 Å². The quantitative estimate of drug-likeness (QED) is 0.160. The number of hydrogen-bond acceptors (Lipinski definition) is 0. The molecular weight excluding hydrogens is 307 g/mol. The second-order valence-electron chi connectivity index (χ2n) is 8.13. The van der Waals surface area contributed by atoms with Crippen molar-refractivity contribution in [3.8, 4) is 0 Å². The highest BCUT2D eigenvalue weighted by molar-refractivity contribution is 7.75. The zero-order valence-corrected chi connectivity index (χ0v) is 18.8. The van der Waals surface area contributed by atoms with Gasteiger partial charge in [0.15, 0.2) is 0 Å². The number of unbranched alkanes of at least 4 members (excludes halogenated alkanes) is 11. The van der Waals surface area contributed by atoms with E-state index in [4.69, 9.17) is 0 Å². The lowest BCUT2D eigenvalue weighted by molar-refractivity contribution is 0.623. The molecule has 1 heteroatoms. The molecule has 0 aromatic heterocycles. The van der Waals surface area contributed by atoms with Crippen molar-refractivity contribution >= 4 is 7.26 Å². The van der Waals surface area contributed by atoms with Gasteiger partial charge in [-0.25, -0.2) is 0 Å². The largest absolute Gasteiger partial charge is 0.0654 e. The van der Waals surface area contributed by atoms with E-state index in [1.165, 1.54) is 89.9 Å². The Labute approximate surface area is 156 Å². The van der Waals surface area contributed by atoms with E-state index in [0.717, 1.165) is 0 Å². The first-order valence-corrected chi connectivity index (χ1v) is 14.1. The highest BCUT2D eigenvalue weighted by Crippen LogP contribution is 2.61. The van der Waals surface area contributed by atoms with Crippen LogP contribution in [0.4, 0.5) is 0 Å². The minimum absolute atomic E-state index is 0.630. The number of rotatable bonds is 19. The fourth-order valence-electron chi connectivity index (χ4n) is 4.12. The maximum absolute atomic E-state index is 2.44. The minimum atomic E-state index is -0.630. The van der Waals surface area contributed by atoms with Gasteiger partial charge in [0.2, 0.25) is 0 Å². The maximum atomic E-state index is 2.44. The van der Waals surface area contributed by atoms with Crippen LogP contribution in [0.5, 0.6) is 0 Å². The van der Waals surface area contributed by atoms with Crippen molar-refractivity contribution in [2.75, 3.05) is 24.6 Å². The van der Waals surface area contributed by atoms with Crippen LogP contribution in [-0.4, -0.2) is 24.6 Å². The van der Waals surface area contributed by atoms with Gasteiger partial charge in [-0.05, 0) is 38.5 Å². The summed E-state index contributed by atoms with van der Waals surface area (Å²) in [6.45, 7) is 9.45. The smallest absolute Gasteiger partial charge is 0.0594 e. The van der Waals surface area contributed by atoms with Crippen molar-refractivity contribution in [1.29, 1.82) is 0 Å². The van der Waals surface area contributed by atoms with Gasteiger partial charge in [-0.1, -0.05) is 85.5 Å². The van der Waals surface area contributed by atoms with Gasteiger partial charge < -0.3 is 0 Å². The Kier molecular flexibility index (Phi) is 18.6. The normalized spacial score (nSPS) is 14.0. The minimum Gasteiger partial charge on any atom is -0.0654 e. The van der Waals surface area contributed by atoms with Crippen molar-refractivity contribution in [3.63, 3.8) is 0 Å². The Bertz CT molecular complexity index is 238. The highest BCUT2D eigenvalue weighted by atomic mass is 31.2. The van der Waals surface area contributed by atoms with Gasteiger partial charge in [-0.15, -0.1) is 0 Å². The fourth-order valence-corrected chi connectivity index (χ4v) is 9.09. The molecule has 0 aromatic rings. The maximum Gasteiger partial charge on any atom is 0.0594 e. The molecule has 0 bridgehead atoms. The predicted octanol–water partition coefficient (Wildman–Crippen LogP) is 8.94. The van der Waals surface area contributed by atoms with Gasteiger partial charge in [-0.2, -0.15) is 0 Å². The summed E-state index contributed by atoms with van der Waals surface area (Å²) in [7, 11) is -0.630. The molecule has 0 aromatic carbocycles. The third-order valence-electron chi connectivity index (χ3n) is 5.66. The molecule has 0 heterocycles. The molecule has 0 aliphatic heterocycles. The summed E-state index contributed by atoms with van der Waals surface area (Å²) in [6, 6.07) is 0. The summed E-state index contributed by atoms with van der Waals surface area (Å²) in [4.78, 5) is 0. The van der Waals surface area contributed by atoms with Crippen LogP contribution in [0, 0.1) is 0 Å². The average molecular weight is 358 g/mol. The van der Waals surface area contributed by atoms with Gasteiger partial charge in [0, 0.05) is 7.26 Å². The van der Waals surface area contributed by atoms with Crippen LogP contribution in [0.25, 0.3) is 0 Å². The Balaban J connectivity index is 4.33. The van der Waals surface area contributed by atoms with Crippen molar-refractivity contribution in [3.05, 3.63) is 0 Å². The fraction of sp³-hybridized carbons (Fsp3) is 1.00. The van der Waals surface area contributed by atoms with Gasteiger partial charge >= 0.3 is 0 Å². The molecule has 0 saturated carbocycles. The van der Waals surface area contributed by atoms with E-state index < -0.39 is 7.26 Å². The molecule has 0 aliphatic rings. The van der Waals surface area contributed by atoms with E-state index in [2.05, 4.69) is 27.7 Å². The molecule has 0 fully saturated rings. The van der Waals surface area contributed by atoms with Crippen LogP contribution in [0.1, 0.15) is 124 Å². The predicted molar refractivity (Wildman–Crippen MR) is 118 cm³/mol. The second kappa shape index (κ2) is 18.2. The summed E-state index contributed by atoms with van der Waals surface area (Å²) in [5.74, 6) is 0. The third-order valence-corrected chi connectivity index (χ3v) is 10.8. The van der Waals surface area contributed by atoms with Crippen LogP contribution < -0.4 is 0 Å². The van der Waals surface area contributed by atoms with Crippen LogP contribution in [-0.2, 0) is 0 Å². The zero-order chi connectivity index (χ0) is 17.9. The monoisotopic (exact) mass is 357 g/mol. The van der Waals surface area contributed by atoms with E-state index in [1.807, 2.05) is 0 Å². The molecule has 0 aliphatic carbocycles. The molecule has 1 atom stereocenters. The Morgan fingerprint density at radius 2 is 0.667 bits per heavy atom. The molecule has 0 radical (unpaired) electrons. The van der Waals surface area contributed by atoms with Crippen molar-refractivity contribution in [1.82, 2.24) is 0 Å². The average Bonchev–Trinajstić information content (AvgIpc) is 2.58. The first-order chi connectivity index (χ1) is 11.7. The van der Waals surface area contributed by atoms with Gasteiger partial charge in [0.25, 0.3) is 0 Å². The van der Waals surface area contributed by atoms with Crippen molar-refractivity contribution in [2.24, 2.45) is 0 Å². The van der Waals surface area contributed by atoms with Gasteiger partial charge in [0.1, 0.15) is 0 Å². The summed E-state index contributed by atoms with van der Waals surface area (Å²) >= 11 is 0. The Hall–Kier alpha value is 0.430. The summed E-state index contributed by atoms with van der Waals surface area (Å²) < 4.78 is 0. The molecule has 0 rings (SSSR count). The van der Waals surface area contributed by atoms with Crippen LogP contribution in [0.2, 0.25) is 0 Å². The lowest BCUT2D eigenvalue weighted by atomic mass is 10.1. The Morgan fingerprint density at radius 3 is 1.08 bits per heavy atom. The van der Waals surface area contributed by atoms with Gasteiger partial charge in [-0.3, -0.25) is 0 Å². The summed E-state index contributed by atoms with van der Waals surface area (Å²) in [5, 5.41) is 0. The second-order valence-corrected chi connectivity index (χ2v) is 12.6. The highest BCUT2D eigenvalue weighted by Gasteiger charge is 2.34. The zero-order valence-electron chi connectivity index (χ0n) is 17.9. The van der Waals surface area contributed by atoms with Crippen LogP contribution in [0.3, 0.4) is 0 Å². The molecular formula is C23H50P+. The topological polar surface area (TPSA) is 0 Å². The Morgan fingerprint density at radius 1 is 0.333 bits per heavy atom. The first kappa shape index (κ1) is 24.4. The molecule has 24 heavy (non-hydrogen) atoms. The molecule has 0 N–H and O–H groups in total. The van der Waals surface area contributed by atoms with E-state index in [-0.39, 0.29) is 0 Å². The lowest BCUT2D eigenvalue weighted by Gasteiger charge is -2.28. The SMILES string of the molecule is CCCCCCCC[P+](CCC)(CCCCC)CCCCCCC. The number of hydrogen-bond donors (Lipinski definition) is 0. The third kappa shape index (κ3) is 13.7. The molecule has 0 saturated heterocycles. The molecule has 0 spiro atoms. The van der Waals surface area contributed by atoms with E-state index in [1.54, 1.807) is 31.1 Å². The summed E-state index contributed by atoms with van der Waals surface area (Å²) in [5.41, 5.74) is 0. The molecule has 0 nitrogen and oxygen atoms in total.